The maximum Gasteiger partial charge on any atom is 0.132 e. The van der Waals surface area contributed by atoms with Gasteiger partial charge in [0.05, 0.1) is 6.61 Å². The number of benzene rings is 1. The molecule has 0 spiro atoms. The number of carbonyl (C=O) groups is 1. The predicted octanol–water partition coefficient (Wildman–Crippen LogP) is 3.69. The number of halogens is 1. The van der Waals surface area contributed by atoms with E-state index in [1.807, 2.05) is 12.1 Å². The van der Waals surface area contributed by atoms with Crippen LogP contribution in [0.3, 0.4) is 0 Å². The highest BCUT2D eigenvalue weighted by molar-refractivity contribution is 9.09. The molecule has 0 unspecified atom stereocenters. The van der Waals surface area contributed by atoms with E-state index in [1.165, 1.54) is 5.56 Å². The van der Waals surface area contributed by atoms with Gasteiger partial charge in [0.25, 0.3) is 0 Å². The van der Waals surface area contributed by atoms with Crippen LogP contribution in [0.15, 0.2) is 24.3 Å². The van der Waals surface area contributed by atoms with Gasteiger partial charge in [-0.3, -0.25) is 4.79 Å². The van der Waals surface area contributed by atoms with Gasteiger partial charge in [0.15, 0.2) is 0 Å². The van der Waals surface area contributed by atoms with Crippen molar-refractivity contribution in [1.82, 2.24) is 0 Å². The third-order valence-electron chi connectivity index (χ3n) is 3.24. The lowest BCUT2D eigenvalue weighted by molar-refractivity contribution is -0.120. The summed E-state index contributed by atoms with van der Waals surface area (Å²) in [6.07, 6.45) is 3.49. The van der Waals surface area contributed by atoms with Gasteiger partial charge in [-0.15, -0.1) is 0 Å². The summed E-state index contributed by atoms with van der Waals surface area (Å²) < 4.78 is 5.51. The largest absolute Gasteiger partial charge is 0.493 e. The molecule has 0 bridgehead atoms. The molecule has 2 nitrogen and oxygen atoms in total. The summed E-state index contributed by atoms with van der Waals surface area (Å²) in [5.74, 6) is 1.89. The van der Waals surface area contributed by atoms with E-state index in [9.17, 15) is 4.79 Å². The number of ether oxygens (including phenoxy) is 1. The van der Waals surface area contributed by atoms with Gasteiger partial charge in [-0.05, 0) is 36.5 Å². The number of Topliss-reactive ketones (excluding diaryl/α,β-unsaturated/α-hetero) is 1. The number of hydrogen-bond acceptors (Lipinski definition) is 2. The quantitative estimate of drug-likeness (QED) is 0.792. The molecule has 0 heterocycles. The van der Waals surface area contributed by atoms with Crippen LogP contribution in [0.25, 0.3) is 0 Å². The second kappa shape index (κ2) is 6.20. The molecule has 2 rings (SSSR count). The highest BCUT2D eigenvalue weighted by Crippen LogP contribution is 2.31. The second-order valence-electron chi connectivity index (χ2n) is 4.42. The lowest BCUT2D eigenvalue weighted by Gasteiger charge is -2.21. The van der Waals surface area contributed by atoms with Crippen molar-refractivity contribution in [3.63, 3.8) is 0 Å². The number of rotatable bonds is 4. The molecule has 0 atom stereocenters. The standard InChI is InChI=1S/C14H17BrO2/c15-9-10-17-14-7-3-12(4-8-14)11-1-5-13(16)6-2-11/h3-4,7-8,11H,1-2,5-6,9-10H2. The van der Waals surface area contributed by atoms with Gasteiger partial charge in [0, 0.05) is 18.2 Å². The highest BCUT2D eigenvalue weighted by Gasteiger charge is 2.19. The summed E-state index contributed by atoms with van der Waals surface area (Å²) in [7, 11) is 0. The first-order valence-electron chi connectivity index (χ1n) is 6.10. The fraction of sp³-hybridized carbons (Fsp3) is 0.500. The molecule has 0 N–H and O–H groups in total. The Morgan fingerprint density at radius 1 is 1.18 bits per heavy atom. The monoisotopic (exact) mass is 296 g/mol. The lowest BCUT2D eigenvalue weighted by atomic mass is 9.83. The van der Waals surface area contributed by atoms with Gasteiger partial charge in [0.2, 0.25) is 0 Å². The molecule has 0 amide bonds. The zero-order valence-electron chi connectivity index (χ0n) is 9.82. The van der Waals surface area contributed by atoms with Crippen molar-refractivity contribution in [2.24, 2.45) is 0 Å². The molecule has 1 aliphatic carbocycles. The maximum absolute atomic E-state index is 11.2. The molecule has 0 saturated heterocycles. The molecule has 1 fully saturated rings. The first-order chi connectivity index (χ1) is 8.29. The summed E-state index contributed by atoms with van der Waals surface area (Å²) in [4.78, 5) is 11.2. The summed E-state index contributed by atoms with van der Waals surface area (Å²) >= 11 is 3.33. The van der Waals surface area contributed by atoms with E-state index in [1.54, 1.807) is 0 Å². The van der Waals surface area contributed by atoms with Crippen molar-refractivity contribution in [3.05, 3.63) is 29.8 Å². The fourth-order valence-electron chi connectivity index (χ4n) is 2.27. The molecule has 1 aromatic rings. The van der Waals surface area contributed by atoms with Gasteiger partial charge in [-0.2, -0.15) is 0 Å². The molecule has 3 heteroatoms. The molecule has 1 aromatic carbocycles. The fourth-order valence-corrected chi connectivity index (χ4v) is 2.43. The number of hydrogen-bond donors (Lipinski definition) is 0. The number of alkyl halides is 1. The van der Waals surface area contributed by atoms with Gasteiger partial charge in [0.1, 0.15) is 11.5 Å². The van der Waals surface area contributed by atoms with E-state index < -0.39 is 0 Å². The minimum Gasteiger partial charge on any atom is -0.493 e. The average Bonchev–Trinajstić information content (AvgIpc) is 2.38. The first-order valence-corrected chi connectivity index (χ1v) is 7.22. The average molecular weight is 297 g/mol. The van der Waals surface area contributed by atoms with Crippen molar-refractivity contribution < 1.29 is 9.53 Å². The SMILES string of the molecule is O=C1CCC(c2ccc(OCCBr)cc2)CC1. The van der Waals surface area contributed by atoms with Crippen LogP contribution in [0.4, 0.5) is 0 Å². The van der Waals surface area contributed by atoms with E-state index in [-0.39, 0.29) is 0 Å². The molecular weight excluding hydrogens is 280 g/mol. The van der Waals surface area contributed by atoms with Crippen LogP contribution in [0.5, 0.6) is 5.75 Å². The Balaban J connectivity index is 1.95. The molecule has 1 saturated carbocycles. The molecule has 0 aromatic heterocycles. The Morgan fingerprint density at radius 3 is 2.41 bits per heavy atom. The normalized spacial score (nSPS) is 17.1. The van der Waals surface area contributed by atoms with Gasteiger partial charge in [-0.25, -0.2) is 0 Å². The lowest BCUT2D eigenvalue weighted by Crippen LogP contribution is -2.12. The van der Waals surface area contributed by atoms with Gasteiger partial charge in [-0.1, -0.05) is 28.1 Å². The Labute approximate surface area is 110 Å². The first kappa shape index (κ1) is 12.6. The van der Waals surface area contributed by atoms with Crippen LogP contribution in [0.1, 0.15) is 37.2 Å². The van der Waals surface area contributed by atoms with Crippen LogP contribution in [0, 0.1) is 0 Å². The second-order valence-corrected chi connectivity index (χ2v) is 5.21. The third kappa shape index (κ3) is 3.56. The maximum atomic E-state index is 11.2. The van der Waals surface area contributed by atoms with Crippen LogP contribution < -0.4 is 4.74 Å². The van der Waals surface area contributed by atoms with E-state index >= 15 is 0 Å². The summed E-state index contributed by atoms with van der Waals surface area (Å²) in [5, 5.41) is 0.847. The molecule has 0 radical (unpaired) electrons. The molecule has 1 aliphatic rings. The zero-order chi connectivity index (χ0) is 12.1. The molecular formula is C14H17BrO2. The topological polar surface area (TPSA) is 26.3 Å². The van der Waals surface area contributed by atoms with Gasteiger partial charge < -0.3 is 4.74 Å². The Bertz CT molecular complexity index is 362. The van der Waals surface area contributed by atoms with Crippen molar-refractivity contribution in [2.75, 3.05) is 11.9 Å². The Hall–Kier alpha value is -0.830. The van der Waals surface area contributed by atoms with Crippen molar-refractivity contribution in [1.29, 1.82) is 0 Å². The van der Waals surface area contributed by atoms with Crippen LogP contribution in [0.2, 0.25) is 0 Å². The minimum absolute atomic E-state index is 0.415. The number of carbonyl (C=O) groups excluding carboxylic acids is 1. The van der Waals surface area contributed by atoms with Crippen molar-refractivity contribution in [3.8, 4) is 5.75 Å². The van der Waals surface area contributed by atoms with Crippen LogP contribution in [-0.2, 0) is 4.79 Å². The highest BCUT2D eigenvalue weighted by atomic mass is 79.9. The van der Waals surface area contributed by atoms with Gasteiger partial charge >= 0.3 is 0 Å². The molecule has 92 valence electrons. The van der Waals surface area contributed by atoms with Crippen molar-refractivity contribution in [2.45, 2.75) is 31.6 Å². The summed E-state index contributed by atoms with van der Waals surface area (Å²) in [6.45, 7) is 0.692. The van der Waals surface area contributed by atoms with E-state index in [0.29, 0.717) is 18.3 Å². The summed E-state index contributed by atoms with van der Waals surface area (Å²) in [6, 6.07) is 8.30. The van der Waals surface area contributed by atoms with E-state index in [0.717, 1.165) is 36.8 Å². The minimum atomic E-state index is 0.415. The number of ketones is 1. The van der Waals surface area contributed by atoms with Crippen LogP contribution >= 0.6 is 15.9 Å². The Kier molecular flexibility index (Phi) is 4.60. The molecule has 0 aliphatic heterocycles. The van der Waals surface area contributed by atoms with E-state index in [2.05, 4.69) is 28.1 Å². The van der Waals surface area contributed by atoms with E-state index in [4.69, 9.17) is 4.74 Å². The predicted molar refractivity (Wildman–Crippen MR) is 71.9 cm³/mol. The summed E-state index contributed by atoms with van der Waals surface area (Å²) in [5.41, 5.74) is 1.34. The Morgan fingerprint density at radius 2 is 1.82 bits per heavy atom. The molecule has 17 heavy (non-hydrogen) atoms. The third-order valence-corrected chi connectivity index (χ3v) is 3.56. The zero-order valence-corrected chi connectivity index (χ0v) is 11.4. The van der Waals surface area contributed by atoms with Crippen LogP contribution in [-0.4, -0.2) is 17.7 Å². The smallest absolute Gasteiger partial charge is 0.132 e. The van der Waals surface area contributed by atoms with Crippen molar-refractivity contribution >= 4 is 21.7 Å².